The number of esters is 1. The van der Waals surface area contributed by atoms with Crippen molar-refractivity contribution in [3.63, 3.8) is 0 Å². The number of benzene rings is 2. The van der Waals surface area contributed by atoms with Crippen LogP contribution in [0, 0.1) is 0 Å². The molecule has 26 heavy (non-hydrogen) atoms. The molecule has 136 valence electrons. The van der Waals surface area contributed by atoms with Gasteiger partial charge in [0.05, 0.1) is 19.1 Å². The number of methoxy groups -OCH3 is 1. The molecule has 0 atom stereocenters. The van der Waals surface area contributed by atoms with Crippen molar-refractivity contribution >= 4 is 41.5 Å². The zero-order chi connectivity index (χ0) is 18.8. The number of nitrogens with one attached hydrogen (secondary N) is 1. The van der Waals surface area contributed by atoms with Crippen molar-refractivity contribution in [1.82, 2.24) is 5.43 Å². The lowest BCUT2D eigenvalue weighted by atomic mass is 10.2. The third-order valence-electron chi connectivity index (χ3n) is 3.07. The molecular formula is C18H17ClN2O4S. The minimum atomic E-state index is -0.482. The maximum Gasteiger partial charge on any atom is 0.343 e. The molecule has 0 spiro atoms. The van der Waals surface area contributed by atoms with Crippen LogP contribution in [0.1, 0.15) is 5.56 Å². The summed E-state index contributed by atoms with van der Waals surface area (Å²) in [5.41, 5.74) is 3.08. The Morgan fingerprint density at radius 1 is 1.19 bits per heavy atom. The van der Waals surface area contributed by atoms with Crippen LogP contribution in [0.4, 0.5) is 0 Å². The molecule has 0 unspecified atom stereocenters. The Morgan fingerprint density at radius 3 is 2.65 bits per heavy atom. The van der Waals surface area contributed by atoms with Crippen LogP contribution >= 0.6 is 23.4 Å². The van der Waals surface area contributed by atoms with Gasteiger partial charge in [0.2, 0.25) is 5.91 Å². The van der Waals surface area contributed by atoms with Crippen LogP contribution in [0.3, 0.4) is 0 Å². The van der Waals surface area contributed by atoms with E-state index in [1.165, 1.54) is 25.1 Å². The first-order chi connectivity index (χ1) is 12.6. The Balaban J connectivity index is 1.84. The van der Waals surface area contributed by atoms with Gasteiger partial charge in [-0.25, -0.2) is 10.2 Å². The molecule has 0 aromatic heterocycles. The summed E-state index contributed by atoms with van der Waals surface area (Å²) in [6.07, 6.45) is 1.46. The normalized spacial score (nSPS) is 10.5. The number of carbonyl (C=O) groups is 2. The topological polar surface area (TPSA) is 77.0 Å². The fourth-order valence-corrected chi connectivity index (χ4v) is 2.62. The highest BCUT2D eigenvalue weighted by Gasteiger charge is 2.06. The number of carbonyl (C=O) groups excluding carboxylic acids is 2. The molecule has 0 saturated carbocycles. The van der Waals surface area contributed by atoms with E-state index in [0.29, 0.717) is 16.3 Å². The molecule has 0 heterocycles. The highest BCUT2D eigenvalue weighted by Crippen LogP contribution is 2.20. The number of rotatable bonds is 8. The number of amides is 1. The van der Waals surface area contributed by atoms with Crippen LogP contribution in [0.15, 0.2) is 58.5 Å². The van der Waals surface area contributed by atoms with Gasteiger partial charge in [-0.1, -0.05) is 23.7 Å². The summed E-state index contributed by atoms with van der Waals surface area (Å²) in [6.45, 7) is -0.203. The number of hydrogen-bond acceptors (Lipinski definition) is 6. The third-order valence-corrected chi connectivity index (χ3v) is 4.33. The monoisotopic (exact) mass is 392 g/mol. The Hall–Kier alpha value is -2.51. The number of nitrogens with zero attached hydrogens (tertiary/aromatic N) is 1. The van der Waals surface area contributed by atoms with Gasteiger partial charge in [0.25, 0.3) is 0 Å². The minimum Gasteiger partial charge on any atom is -0.481 e. The summed E-state index contributed by atoms with van der Waals surface area (Å²) in [6, 6.07) is 14.2. The third kappa shape index (κ3) is 6.78. The second-order valence-electron chi connectivity index (χ2n) is 4.94. The second kappa shape index (κ2) is 10.5. The van der Waals surface area contributed by atoms with Gasteiger partial charge in [0.1, 0.15) is 5.75 Å². The Kier molecular flexibility index (Phi) is 7.98. The molecule has 2 rings (SSSR count). The Labute approximate surface area is 160 Å². The van der Waals surface area contributed by atoms with Crippen LogP contribution in [-0.4, -0.2) is 37.6 Å². The predicted octanol–water partition coefficient (Wildman–Crippen LogP) is 3.13. The van der Waals surface area contributed by atoms with Crippen molar-refractivity contribution in [2.24, 2.45) is 5.10 Å². The lowest BCUT2D eigenvalue weighted by molar-refractivity contribution is -0.142. The quantitative estimate of drug-likeness (QED) is 0.323. The molecule has 0 aliphatic rings. The van der Waals surface area contributed by atoms with E-state index < -0.39 is 5.97 Å². The van der Waals surface area contributed by atoms with Crippen molar-refractivity contribution in [2.75, 3.05) is 19.5 Å². The average Bonchev–Trinajstić information content (AvgIpc) is 2.66. The van der Waals surface area contributed by atoms with E-state index in [9.17, 15) is 9.59 Å². The fourth-order valence-electron chi connectivity index (χ4n) is 1.80. The second-order valence-corrected chi connectivity index (χ2v) is 6.42. The van der Waals surface area contributed by atoms with Crippen LogP contribution in [0.2, 0.25) is 5.02 Å². The van der Waals surface area contributed by atoms with Crippen molar-refractivity contribution in [2.45, 2.75) is 4.90 Å². The highest BCUT2D eigenvalue weighted by atomic mass is 35.5. The molecule has 1 N–H and O–H groups in total. The summed E-state index contributed by atoms with van der Waals surface area (Å²) < 4.78 is 9.90. The molecule has 2 aromatic carbocycles. The van der Waals surface area contributed by atoms with E-state index in [4.69, 9.17) is 16.3 Å². The molecular weight excluding hydrogens is 376 g/mol. The maximum absolute atomic E-state index is 11.8. The van der Waals surface area contributed by atoms with Crippen molar-refractivity contribution in [3.05, 3.63) is 59.1 Å². The zero-order valence-electron chi connectivity index (χ0n) is 14.0. The van der Waals surface area contributed by atoms with Crippen LogP contribution in [0.5, 0.6) is 5.75 Å². The number of thioether (sulfide) groups is 1. The van der Waals surface area contributed by atoms with Gasteiger partial charge >= 0.3 is 5.97 Å². The lowest BCUT2D eigenvalue weighted by Gasteiger charge is -2.07. The summed E-state index contributed by atoms with van der Waals surface area (Å²) in [5, 5.41) is 4.57. The molecule has 8 heteroatoms. The lowest BCUT2D eigenvalue weighted by Crippen LogP contribution is -2.19. The highest BCUT2D eigenvalue weighted by molar-refractivity contribution is 8.00. The van der Waals surface area contributed by atoms with Gasteiger partial charge in [-0.2, -0.15) is 5.10 Å². The number of ether oxygens (including phenoxy) is 2. The zero-order valence-corrected chi connectivity index (χ0v) is 15.5. The molecule has 0 aliphatic carbocycles. The molecule has 0 saturated heterocycles. The van der Waals surface area contributed by atoms with E-state index in [-0.39, 0.29) is 18.3 Å². The van der Waals surface area contributed by atoms with Crippen LogP contribution in [0.25, 0.3) is 0 Å². The Bertz CT molecular complexity index is 781. The first kappa shape index (κ1) is 19.8. The summed E-state index contributed by atoms with van der Waals surface area (Å²) >= 11 is 7.20. The van der Waals surface area contributed by atoms with Gasteiger partial charge < -0.3 is 9.47 Å². The number of hydrogen-bond donors (Lipinski definition) is 1. The first-order valence-electron chi connectivity index (χ1n) is 7.57. The fraction of sp³-hybridized carbons (Fsp3) is 0.167. The molecule has 0 aliphatic heterocycles. The molecule has 0 radical (unpaired) electrons. The van der Waals surface area contributed by atoms with Gasteiger partial charge in [-0.3, -0.25) is 4.79 Å². The predicted molar refractivity (Wildman–Crippen MR) is 102 cm³/mol. The molecule has 2 aromatic rings. The molecule has 1 amide bonds. The van der Waals surface area contributed by atoms with E-state index in [0.717, 1.165) is 4.90 Å². The Morgan fingerprint density at radius 2 is 1.92 bits per heavy atom. The number of para-hydroxylation sites is 1. The van der Waals surface area contributed by atoms with E-state index in [1.54, 1.807) is 36.4 Å². The van der Waals surface area contributed by atoms with E-state index in [1.807, 2.05) is 12.1 Å². The van der Waals surface area contributed by atoms with Crippen molar-refractivity contribution in [1.29, 1.82) is 0 Å². The van der Waals surface area contributed by atoms with Crippen molar-refractivity contribution < 1.29 is 19.1 Å². The molecule has 0 fully saturated rings. The summed E-state index contributed by atoms with van der Waals surface area (Å²) in [5.74, 6) is -0.0377. The number of hydrazone groups is 1. The maximum atomic E-state index is 11.8. The standard InChI is InChI=1S/C18H17ClN2O4S/c1-24-18(23)11-25-16-5-3-2-4-13(16)10-20-21-17(22)12-26-15-8-6-14(19)7-9-15/h2-10H,11-12H2,1H3,(H,21,22)/b20-10-. The molecule has 0 bridgehead atoms. The van der Waals surface area contributed by atoms with Gasteiger partial charge in [0.15, 0.2) is 6.61 Å². The smallest absolute Gasteiger partial charge is 0.343 e. The van der Waals surface area contributed by atoms with Crippen molar-refractivity contribution in [3.8, 4) is 5.75 Å². The minimum absolute atomic E-state index is 0.203. The van der Waals surface area contributed by atoms with Crippen LogP contribution in [-0.2, 0) is 14.3 Å². The van der Waals surface area contributed by atoms with E-state index in [2.05, 4.69) is 15.3 Å². The van der Waals surface area contributed by atoms with Gasteiger partial charge in [-0.05, 0) is 36.4 Å². The molecule has 6 nitrogen and oxygen atoms in total. The van der Waals surface area contributed by atoms with Gasteiger partial charge in [-0.15, -0.1) is 11.8 Å². The van der Waals surface area contributed by atoms with E-state index >= 15 is 0 Å². The summed E-state index contributed by atoms with van der Waals surface area (Å²) in [7, 11) is 1.29. The van der Waals surface area contributed by atoms with Gasteiger partial charge in [0, 0.05) is 15.5 Å². The SMILES string of the molecule is COC(=O)COc1ccccc1/C=N\NC(=O)CSc1ccc(Cl)cc1. The largest absolute Gasteiger partial charge is 0.481 e. The van der Waals surface area contributed by atoms with Crippen LogP contribution < -0.4 is 10.2 Å². The summed E-state index contributed by atoms with van der Waals surface area (Å²) in [4.78, 5) is 23.9. The first-order valence-corrected chi connectivity index (χ1v) is 8.94. The number of halogens is 1. The average molecular weight is 393 g/mol.